The standard InChI is InChI=1S/C34H60F2N8O3/c1-23(40-18-26(35)9-8-24-6-4-2-3-5-7-24)30(32(37)38)33(45)41-29-20-39-19-28(36)31(29)43-12-10-25(11-13-43)34(46)44-16-14-42(15-17-44)27-21-47-22-27/h2,4,23-32,39-40H,3,5-22,37-38H2,1H3,(H,41,45). The predicted molar refractivity (Wildman–Crippen MR) is 179 cm³/mol. The summed E-state index contributed by atoms with van der Waals surface area (Å²) in [5, 5.41) is 9.33. The fourth-order valence-electron chi connectivity index (χ4n) is 8.22. The van der Waals surface area contributed by atoms with Crippen LogP contribution in [0.1, 0.15) is 58.3 Å². The van der Waals surface area contributed by atoms with E-state index in [0.29, 0.717) is 50.9 Å². The van der Waals surface area contributed by atoms with E-state index in [9.17, 15) is 14.0 Å². The highest BCUT2D eigenvalue weighted by Crippen LogP contribution is 2.27. The average Bonchev–Trinajstić information content (AvgIpc) is 3.31. The molecule has 7 unspecified atom stereocenters. The fourth-order valence-corrected chi connectivity index (χ4v) is 8.22. The molecule has 11 nitrogen and oxygen atoms in total. The van der Waals surface area contributed by atoms with Crippen LogP contribution >= 0.6 is 0 Å². The molecular formula is C34H60F2N8O3. The van der Waals surface area contributed by atoms with Crippen LogP contribution < -0.4 is 27.4 Å². The molecule has 2 amide bonds. The lowest BCUT2D eigenvalue weighted by Gasteiger charge is -2.46. The van der Waals surface area contributed by atoms with Gasteiger partial charge in [0.05, 0.1) is 43.4 Å². The number of piperidine rings is 2. The first-order valence-corrected chi connectivity index (χ1v) is 18.2. The molecule has 1 aliphatic carbocycles. The number of piperazine rings is 1. The van der Waals surface area contributed by atoms with E-state index >= 15 is 4.39 Å². The van der Waals surface area contributed by atoms with Crippen molar-refractivity contribution in [2.75, 3.05) is 72.1 Å². The molecule has 47 heavy (non-hydrogen) atoms. The Kier molecular flexibility index (Phi) is 13.8. The monoisotopic (exact) mass is 666 g/mol. The Bertz CT molecular complexity index is 1020. The zero-order valence-corrected chi connectivity index (χ0v) is 28.3. The summed E-state index contributed by atoms with van der Waals surface area (Å²) in [5.74, 6) is -0.497. The highest BCUT2D eigenvalue weighted by molar-refractivity contribution is 5.80. The molecule has 0 aromatic heterocycles. The van der Waals surface area contributed by atoms with Crippen molar-refractivity contribution in [1.82, 2.24) is 30.7 Å². The molecule has 5 aliphatic rings. The third-order valence-corrected chi connectivity index (χ3v) is 11.3. The smallest absolute Gasteiger partial charge is 0.227 e. The predicted octanol–water partition coefficient (Wildman–Crippen LogP) is 0.739. The normalized spacial score (nSPS) is 30.8. The molecule has 7 atom stereocenters. The van der Waals surface area contributed by atoms with Gasteiger partial charge in [0, 0.05) is 57.8 Å². The number of halogens is 2. The first-order valence-electron chi connectivity index (χ1n) is 18.2. The molecule has 4 saturated heterocycles. The van der Waals surface area contributed by atoms with Crippen LogP contribution in [0, 0.1) is 17.8 Å². The fraction of sp³-hybridized carbons (Fsp3) is 0.882. The van der Waals surface area contributed by atoms with E-state index in [1.807, 2.05) is 4.90 Å². The lowest BCUT2D eigenvalue weighted by atomic mass is 9.89. The molecule has 0 bridgehead atoms. The van der Waals surface area contributed by atoms with Gasteiger partial charge in [-0.3, -0.25) is 19.4 Å². The van der Waals surface area contributed by atoms with Crippen molar-refractivity contribution >= 4 is 11.8 Å². The maximum Gasteiger partial charge on any atom is 0.227 e. The average molecular weight is 667 g/mol. The third kappa shape index (κ3) is 9.92. The second kappa shape index (κ2) is 17.8. The van der Waals surface area contributed by atoms with Crippen LogP contribution in [-0.4, -0.2) is 141 Å². The first-order chi connectivity index (χ1) is 22.7. The number of alkyl halides is 2. The number of rotatable bonds is 13. The topological polar surface area (TPSA) is 141 Å². The van der Waals surface area contributed by atoms with E-state index in [1.54, 1.807) is 6.92 Å². The zero-order valence-electron chi connectivity index (χ0n) is 28.3. The summed E-state index contributed by atoms with van der Waals surface area (Å²) >= 11 is 0. The van der Waals surface area contributed by atoms with Gasteiger partial charge in [-0.1, -0.05) is 12.2 Å². The Morgan fingerprint density at radius 3 is 2.45 bits per heavy atom. The van der Waals surface area contributed by atoms with Crippen molar-refractivity contribution < 1.29 is 23.1 Å². The minimum Gasteiger partial charge on any atom is -0.378 e. The van der Waals surface area contributed by atoms with E-state index in [4.69, 9.17) is 16.2 Å². The Morgan fingerprint density at radius 2 is 1.77 bits per heavy atom. The third-order valence-electron chi connectivity index (χ3n) is 11.3. The molecule has 13 heteroatoms. The van der Waals surface area contributed by atoms with Gasteiger partial charge in [0.2, 0.25) is 11.8 Å². The van der Waals surface area contributed by atoms with Gasteiger partial charge in [-0.2, -0.15) is 0 Å². The number of carbonyl (C=O) groups excluding carboxylic acids is 2. The number of allylic oxidation sites excluding steroid dienone is 2. The van der Waals surface area contributed by atoms with E-state index < -0.39 is 42.6 Å². The molecule has 4 heterocycles. The number of hydrogen-bond donors (Lipinski definition) is 5. The van der Waals surface area contributed by atoms with Crippen LogP contribution in [0.25, 0.3) is 0 Å². The summed E-state index contributed by atoms with van der Waals surface area (Å²) in [6.45, 7) is 8.57. The number of nitrogens with two attached hydrogens (primary N) is 2. The molecule has 0 spiro atoms. The maximum absolute atomic E-state index is 15.5. The van der Waals surface area contributed by atoms with Gasteiger partial charge in [-0.05, 0) is 77.3 Å². The van der Waals surface area contributed by atoms with Gasteiger partial charge in [-0.15, -0.1) is 0 Å². The van der Waals surface area contributed by atoms with Gasteiger partial charge in [0.25, 0.3) is 0 Å². The Labute approximate surface area is 279 Å². The summed E-state index contributed by atoms with van der Waals surface area (Å²) in [6, 6.07) is -0.977. The number of nitrogens with one attached hydrogen (secondary N) is 3. The summed E-state index contributed by atoms with van der Waals surface area (Å²) in [4.78, 5) is 33.5. The van der Waals surface area contributed by atoms with Crippen LogP contribution in [-0.2, 0) is 14.3 Å². The molecule has 7 N–H and O–H groups in total. The minimum absolute atomic E-state index is 0.0625. The van der Waals surface area contributed by atoms with E-state index in [-0.39, 0.29) is 30.8 Å². The molecule has 5 rings (SSSR count). The molecule has 0 radical (unpaired) electrons. The van der Waals surface area contributed by atoms with Crippen LogP contribution in [0.2, 0.25) is 0 Å². The van der Waals surface area contributed by atoms with Crippen molar-refractivity contribution in [2.24, 2.45) is 29.2 Å². The molecule has 4 fully saturated rings. The Balaban J connectivity index is 1.08. The van der Waals surface area contributed by atoms with Gasteiger partial charge >= 0.3 is 0 Å². The SMILES string of the molecule is CC(NCC(F)CCC1CC=CCCC1)C(C(=O)NC1CNCC(F)C1N1CCC(C(=O)N2CCN(C3COC3)CC2)CC1)C(N)N. The first kappa shape index (κ1) is 36.5. The van der Waals surface area contributed by atoms with Gasteiger partial charge in [0.1, 0.15) is 12.3 Å². The van der Waals surface area contributed by atoms with Gasteiger partial charge in [0.15, 0.2) is 0 Å². The van der Waals surface area contributed by atoms with E-state index in [0.717, 1.165) is 71.5 Å². The number of likely N-dealkylation sites (tertiary alicyclic amines) is 1. The number of nitrogens with zero attached hydrogens (tertiary/aromatic N) is 3. The second-order valence-corrected chi connectivity index (χ2v) is 14.6. The quantitative estimate of drug-likeness (QED) is 0.142. The molecule has 0 saturated carbocycles. The van der Waals surface area contributed by atoms with Crippen molar-refractivity contribution in [1.29, 1.82) is 0 Å². The lowest BCUT2D eigenvalue weighted by Crippen LogP contribution is -2.67. The second-order valence-electron chi connectivity index (χ2n) is 14.6. The van der Waals surface area contributed by atoms with Crippen LogP contribution in [0.3, 0.4) is 0 Å². The highest BCUT2D eigenvalue weighted by Gasteiger charge is 2.43. The van der Waals surface area contributed by atoms with E-state index in [2.05, 4.69) is 37.9 Å². The van der Waals surface area contributed by atoms with Gasteiger partial charge in [-0.25, -0.2) is 8.78 Å². The molecule has 4 aliphatic heterocycles. The molecule has 268 valence electrons. The molecule has 0 aromatic rings. The van der Waals surface area contributed by atoms with Crippen LogP contribution in [0.5, 0.6) is 0 Å². The summed E-state index contributed by atoms with van der Waals surface area (Å²) < 4.78 is 35.7. The number of carbonyl (C=O) groups is 2. The summed E-state index contributed by atoms with van der Waals surface area (Å²) in [5.41, 5.74) is 12.2. The lowest BCUT2D eigenvalue weighted by molar-refractivity contribution is -0.141. The van der Waals surface area contributed by atoms with Crippen molar-refractivity contribution in [3.63, 3.8) is 0 Å². The van der Waals surface area contributed by atoms with Crippen molar-refractivity contribution in [3.8, 4) is 0 Å². The zero-order chi connectivity index (χ0) is 33.3. The number of amides is 2. The van der Waals surface area contributed by atoms with Crippen molar-refractivity contribution in [3.05, 3.63) is 12.2 Å². The minimum atomic E-state index is -1.18. The highest BCUT2D eigenvalue weighted by atomic mass is 19.1. The van der Waals surface area contributed by atoms with E-state index in [1.165, 1.54) is 0 Å². The summed E-state index contributed by atoms with van der Waals surface area (Å²) in [6.07, 6.45) is 8.36. The van der Waals surface area contributed by atoms with Gasteiger partial charge < -0.3 is 37.1 Å². The Hall–Kier alpha value is -1.74. The largest absolute Gasteiger partial charge is 0.378 e. The molecular weight excluding hydrogens is 606 g/mol. The molecule has 0 aromatic carbocycles. The van der Waals surface area contributed by atoms with Crippen LogP contribution in [0.15, 0.2) is 12.2 Å². The Morgan fingerprint density at radius 1 is 1.02 bits per heavy atom. The maximum atomic E-state index is 15.5. The van der Waals surface area contributed by atoms with Crippen LogP contribution in [0.4, 0.5) is 8.78 Å². The number of hydrogen-bond acceptors (Lipinski definition) is 9. The summed E-state index contributed by atoms with van der Waals surface area (Å²) in [7, 11) is 0. The number of ether oxygens (including phenoxy) is 1. The van der Waals surface area contributed by atoms with Crippen molar-refractivity contribution in [2.45, 2.75) is 101 Å².